The molecule has 6 heteroatoms. The van der Waals surface area contributed by atoms with Gasteiger partial charge < -0.3 is 18.6 Å². The highest BCUT2D eigenvalue weighted by Gasteiger charge is 2.66. The first-order valence-corrected chi connectivity index (χ1v) is 10.1. The fraction of sp³-hybridized carbons (Fsp3) is 1.00. The maximum absolute atomic E-state index is 6.46. The third-order valence-electron chi connectivity index (χ3n) is 8.22. The van der Waals surface area contributed by atoms with Crippen LogP contribution in [0.1, 0.15) is 74.7 Å². The zero-order chi connectivity index (χ0) is 18.4. The molecule has 2 aliphatic carbocycles. The lowest BCUT2D eigenvalue weighted by Crippen LogP contribution is -2.41. The van der Waals surface area contributed by atoms with Gasteiger partial charge in [-0.25, -0.2) is 0 Å². The molecule has 4 nitrogen and oxygen atoms in total. The summed E-state index contributed by atoms with van der Waals surface area (Å²) < 4.78 is 25.8. The van der Waals surface area contributed by atoms with E-state index < -0.39 is 0 Å². The number of hydrogen-bond acceptors (Lipinski definition) is 4. The Hall–Kier alpha value is -0.0301. The van der Waals surface area contributed by atoms with E-state index in [4.69, 9.17) is 18.6 Å². The average Bonchev–Trinajstić information content (AvgIpc) is 3.12. The number of rotatable bonds is 2. The van der Waals surface area contributed by atoms with Crippen molar-refractivity contribution in [3.63, 3.8) is 0 Å². The first kappa shape index (κ1) is 18.3. The molecular formula is C19H34B2O4. The van der Waals surface area contributed by atoms with E-state index in [9.17, 15) is 0 Å². The van der Waals surface area contributed by atoms with E-state index in [-0.39, 0.29) is 36.6 Å². The monoisotopic (exact) mass is 348 g/mol. The van der Waals surface area contributed by atoms with Gasteiger partial charge in [-0.05, 0) is 85.3 Å². The average molecular weight is 348 g/mol. The van der Waals surface area contributed by atoms with Crippen LogP contribution >= 0.6 is 0 Å². The van der Waals surface area contributed by atoms with Gasteiger partial charge in [-0.3, -0.25) is 0 Å². The maximum Gasteiger partial charge on any atom is 0.461 e. The van der Waals surface area contributed by atoms with Crippen molar-refractivity contribution in [3.05, 3.63) is 0 Å². The molecule has 2 aliphatic heterocycles. The van der Waals surface area contributed by atoms with E-state index in [0.717, 1.165) is 0 Å². The molecule has 2 saturated heterocycles. The summed E-state index contributed by atoms with van der Waals surface area (Å²) in [7, 11) is -0.298. The topological polar surface area (TPSA) is 36.9 Å². The summed E-state index contributed by atoms with van der Waals surface area (Å²) in [6.45, 7) is 17.1. The van der Waals surface area contributed by atoms with Gasteiger partial charge in [-0.2, -0.15) is 0 Å². The van der Waals surface area contributed by atoms with Crippen LogP contribution in [0.5, 0.6) is 0 Å². The summed E-state index contributed by atoms with van der Waals surface area (Å²) in [5, 5.41) is 0. The van der Waals surface area contributed by atoms with Gasteiger partial charge in [0.15, 0.2) is 0 Å². The molecule has 140 valence electrons. The van der Waals surface area contributed by atoms with Crippen molar-refractivity contribution in [1.29, 1.82) is 0 Å². The van der Waals surface area contributed by atoms with E-state index >= 15 is 0 Å². The lowest BCUT2D eigenvalue weighted by Gasteiger charge is -2.33. The van der Waals surface area contributed by atoms with E-state index in [0.29, 0.717) is 23.5 Å². The predicted molar refractivity (Wildman–Crippen MR) is 100 cm³/mol. The van der Waals surface area contributed by atoms with Crippen molar-refractivity contribution in [3.8, 4) is 0 Å². The second-order valence-corrected chi connectivity index (χ2v) is 10.7. The van der Waals surface area contributed by atoms with Crippen LogP contribution in [0.3, 0.4) is 0 Å². The van der Waals surface area contributed by atoms with E-state index in [1.54, 1.807) is 0 Å². The summed E-state index contributed by atoms with van der Waals surface area (Å²) in [6.07, 6.45) is 3.84. The van der Waals surface area contributed by atoms with Gasteiger partial charge in [-0.1, -0.05) is 12.8 Å². The van der Waals surface area contributed by atoms with Gasteiger partial charge in [0.2, 0.25) is 0 Å². The SMILES string of the molecule is CC1(C)OB([C@@H]2[C@H]3CC[C@H](C3)[C@@H]2B2OC(C)(C)C(C)(C)O2)OC1(C)C. The van der Waals surface area contributed by atoms with Crippen molar-refractivity contribution in [2.75, 3.05) is 0 Å². The van der Waals surface area contributed by atoms with Crippen LogP contribution in [0.4, 0.5) is 0 Å². The molecule has 0 unspecified atom stereocenters. The van der Waals surface area contributed by atoms with Crippen molar-refractivity contribution < 1.29 is 18.6 Å². The summed E-state index contributed by atoms with van der Waals surface area (Å²) in [6, 6.07) is 0. The van der Waals surface area contributed by atoms with Gasteiger partial charge in [0.05, 0.1) is 22.4 Å². The van der Waals surface area contributed by atoms with Gasteiger partial charge in [0, 0.05) is 0 Å². The molecule has 4 atom stereocenters. The molecule has 25 heavy (non-hydrogen) atoms. The van der Waals surface area contributed by atoms with Crippen molar-refractivity contribution in [2.24, 2.45) is 11.8 Å². The van der Waals surface area contributed by atoms with Gasteiger partial charge in [0.1, 0.15) is 0 Å². The number of fused-ring (bicyclic) bond motifs is 2. The molecule has 0 radical (unpaired) electrons. The van der Waals surface area contributed by atoms with E-state index in [2.05, 4.69) is 55.4 Å². The molecule has 2 saturated carbocycles. The molecule has 0 aromatic heterocycles. The fourth-order valence-corrected chi connectivity index (χ4v) is 5.28. The van der Waals surface area contributed by atoms with Crippen LogP contribution < -0.4 is 0 Å². The fourth-order valence-electron chi connectivity index (χ4n) is 5.28. The Balaban J connectivity index is 1.60. The maximum atomic E-state index is 6.46. The summed E-state index contributed by atoms with van der Waals surface area (Å²) in [5.74, 6) is 2.08. The van der Waals surface area contributed by atoms with Crippen molar-refractivity contribution in [1.82, 2.24) is 0 Å². The predicted octanol–water partition coefficient (Wildman–Crippen LogP) is 4.34. The Morgan fingerprint density at radius 3 is 1.12 bits per heavy atom. The quantitative estimate of drug-likeness (QED) is 0.696. The molecule has 4 rings (SSSR count). The minimum absolute atomic E-state index is 0.149. The zero-order valence-corrected chi connectivity index (χ0v) is 17.2. The van der Waals surface area contributed by atoms with E-state index in [1.807, 2.05) is 0 Å². The molecule has 0 spiro atoms. The largest absolute Gasteiger partial charge is 0.461 e. The Morgan fingerprint density at radius 2 is 0.840 bits per heavy atom. The van der Waals surface area contributed by atoms with Crippen LogP contribution in [0, 0.1) is 11.8 Å². The smallest absolute Gasteiger partial charge is 0.403 e. The van der Waals surface area contributed by atoms with Crippen LogP contribution in [0.15, 0.2) is 0 Å². The summed E-state index contributed by atoms with van der Waals surface area (Å²) in [4.78, 5) is 0. The van der Waals surface area contributed by atoms with Crippen molar-refractivity contribution in [2.45, 2.75) is 109 Å². The van der Waals surface area contributed by atoms with Crippen molar-refractivity contribution >= 4 is 14.2 Å². The molecule has 0 N–H and O–H groups in total. The molecule has 0 aromatic carbocycles. The Labute approximate surface area is 154 Å². The first-order valence-electron chi connectivity index (χ1n) is 10.1. The normalized spacial score (nSPS) is 43.2. The summed E-state index contributed by atoms with van der Waals surface area (Å²) >= 11 is 0. The van der Waals surface area contributed by atoms with Gasteiger partial charge >= 0.3 is 14.2 Å². The highest BCUT2D eigenvalue weighted by Crippen LogP contribution is 2.64. The molecule has 4 aliphatic rings. The molecule has 2 bridgehead atoms. The van der Waals surface area contributed by atoms with Crippen LogP contribution in [0.2, 0.25) is 11.6 Å². The van der Waals surface area contributed by atoms with Gasteiger partial charge in [-0.15, -0.1) is 0 Å². The Kier molecular flexibility index (Phi) is 3.87. The first-order chi connectivity index (χ1) is 11.3. The Bertz CT molecular complexity index is 480. The molecule has 4 fully saturated rings. The second-order valence-electron chi connectivity index (χ2n) is 10.7. The lowest BCUT2D eigenvalue weighted by molar-refractivity contribution is 0.00578. The van der Waals surface area contributed by atoms with Crippen LogP contribution in [0.25, 0.3) is 0 Å². The molecule has 0 amide bonds. The number of hydrogen-bond donors (Lipinski definition) is 0. The molecular weight excluding hydrogens is 314 g/mol. The van der Waals surface area contributed by atoms with Gasteiger partial charge in [0.25, 0.3) is 0 Å². The van der Waals surface area contributed by atoms with Crippen LogP contribution in [-0.2, 0) is 18.6 Å². The minimum atomic E-state index is -0.278. The summed E-state index contributed by atoms with van der Waals surface area (Å²) in [5.41, 5.74) is -1.11. The Morgan fingerprint density at radius 1 is 0.560 bits per heavy atom. The third-order valence-corrected chi connectivity index (χ3v) is 8.22. The highest BCUT2D eigenvalue weighted by atomic mass is 16.7. The third kappa shape index (κ3) is 2.58. The lowest BCUT2D eigenvalue weighted by atomic mass is 9.48. The second kappa shape index (κ2) is 5.27. The standard InChI is InChI=1S/C19H34B2O4/c1-16(2)17(3,4)23-20(22-16)14-12-9-10-13(11-12)15(14)21-24-18(5,6)19(7,8)25-21/h12-15H,9-11H2,1-8H3/t12-,13+,14+,15-. The zero-order valence-electron chi connectivity index (χ0n) is 17.2. The highest BCUT2D eigenvalue weighted by molar-refractivity contribution is 6.55. The molecule has 0 aromatic rings. The van der Waals surface area contributed by atoms with E-state index in [1.165, 1.54) is 19.3 Å². The molecule has 2 heterocycles. The minimum Gasteiger partial charge on any atom is -0.403 e. The van der Waals surface area contributed by atoms with Crippen LogP contribution in [-0.4, -0.2) is 36.6 Å².